The van der Waals surface area contributed by atoms with E-state index in [1.165, 1.54) is 12.1 Å². The predicted molar refractivity (Wildman–Crippen MR) is 37.8 cm³/mol. The van der Waals surface area contributed by atoms with Crippen LogP contribution in [0.5, 0.6) is 0 Å². The van der Waals surface area contributed by atoms with Crippen LogP contribution in [0.2, 0.25) is 0 Å². The standard InChI is InChI=1S/C7H7NO2.Zn/c8-6-3-1-5(2-4-6)7(9)10;/h1-4H,8H2,(H,9,10);. The van der Waals surface area contributed by atoms with Gasteiger partial charge in [-0.05, 0) is 24.3 Å². The van der Waals surface area contributed by atoms with Crippen LogP contribution in [0, 0.1) is 0 Å². The van der Waals surface area contributed by atoms with E-state index in [2.05, 4.69) is 0 Å². The molecule has 0 amide bonds. The Balaban J connectivity index is 0.000001000. The van der Waals surface area contributed by atoms with Crippen molar-refractivity contribution in [2.45, 2.75) is 0 Å². The van der Waals surface area contributed by atoms with Crippen molar-refractivity contribution in [2.24, 2.45) is 0 Å². The minimum Gasteiger partial charge on any atom is -0.478 e. The van der Waals surface area contributed by atoms with E-state index in [9.17, 15) is 4.79 Å². The molecule has 0 saturated carbocycles. The number of benzene rings is 1. The molecular weight excluding hydrogens is 195 g/mol. The summed E-state index contributed by atoms with van der Waals surface area (Å²) < 4.78 is 0. The van der Waals surface area contributed by atoms with Gasteiger partial charge in [0.05, 0.1) is 5.56 Å². The Bertz CT molecular complexity index is 245. The zero-order valence-electron chi connectivity index (χ0n) is 5.95. The van der Waals surface area contributed by atoms with Crippen molar-refractivity contribution in [1.29, 1.82) is 0 Å². The van der Waals surface area contributed by atoms with Crippen molar-refractivity contribution >= 4 is 11.7 Å². The van der Waals surface area contributed by atoms with Crippen LogP contribution in [-0.4, -0.2) is 11.1 Å². The largest absolute Gasteiger partial charge is 0.478 e. The van der Waals surface area contributed by atoms with Crippen LogP contribution >= 0.6 is 0 Å². The molecule has 0 aromatic heterocycles. The van der Waals surface area contributed by atoms with Gasteiger partial charge in [-0.2, -0.15) is 0 Å². The van der Waals surface area contributed by atoms with E-state index < -0.39 is 5.97 Å². The van der Waals surface area contributed by atoms with Gasteiger partial charge in [0.2, 0.25) is 0 Å². The van der Waals surface area contributed by atoms with E-state index >= 15 is 0 Å². The summed E-state index contributed by atoms with van der Waals surface area (Å²) in [6.45, 7) is 0. The van der Waals surface area contributed by atoms with Gasteiger partial charge in [0.25, 0.3) is 0 Å². The third-order valence-corrected chi connectivity index (χ3v) is 1.16. The number of hydrogen-bond acceptors (Lipinski definition) is 2. The first-order valence-corrected chi connectivity index (χ1v) is 2.79. The third-order valence-electron chi connectivity index (χ3n) is 1.16. The summed E-state index contributed by atoms with van der Waals surface area (Å²) in [4.78, 5) is 10.3. The molecule has 1 rings (SSSR count). The van der Waals surface area contributed by atoms with Crippen LogP contribution in [0.4, 0.5) is 5.69 Å². The smallest absolute Gasteiger partial charge is 0.335 e. The minimum atomic E-state index is -0.931. The molecular formula is C7H7NO2Zn. The summed E-state index contributed by atoms with van der Waals surface area (Å²) in [5.41, 5.74) is 6.17. The Hall–Kier alpha value is -0.887. The number of aromatic carboxylic acids is 1. The topological polar surface area (TPSA) is 63.3 Å². The van der Waals surface area contributed by atoms with Gasteiger partial charge in [0.15, 0.2) is 0 Å². The van der Waals surface area contributed by atoms with Crippen LogP contribution in [0.15, 0.2) is 24.3 Å². The molecule has 3 N–H and O–H groups in total. The number of carboxylic acid groups (broad SMARTS) is 1. The van der Waals surface area contributed by atoms with Crippen molar-refractivity contribution in [3.63, 3.8) is 0 Å². The normalized spacial score (nSPS) is 8.36. The van der Waals surface area contributed by atoms with E-state index in [0.29, 0.717) is 5.69 Å². The first kappa shape index (κ1) is 10.1. The second-order valence-corrected chi connectivity index (χ2v) is 1.93. The molecule has 0 unspecified atom stereocenters. The molecule has 0 spiro atoms. The summed E-state index contributed by atoms with van der Waals surface area (Å²) in [5, 5.41) is 8.43. The molecule has 3 nitrogen and oxygen atoms in total. The van der Waals surface area contributed by atoms with Crippen molar-refractivity contribution in [2.75, 3.05) is 5.73 Å². The Morgan fingerprint density at radius 3 is 2.09 bits per heavy atom. The van der Waals surface area contributed by atoms with E-state index in [0.717, 1.165) is 0 Å². The van der Waals surface area contributed by atoms with Gasteiger partial charge in [-0.3, -0.25) is 0 Å². The zero-order chi connectivity index (χ0) is 7.56. The van der Waals surface area contributed by atoms with Gasteiger partial charge in [-0.15, -0.1) is 0 Å². The fraction of sp³-hybridized carbons (Fsp3) is 0. The summed E-state index contributed by atoms with van der Waals surface area (Å²) in [6.07, 6.45) is 0. The number of anilines is 1. The number of carbonyl (C=O) groups is 1. The van der Waals surface area contributed by atoms with Crippen molar-refractivity contribution in [1.82, 2.24) is 0 Å². The maximum atomic E-state index is 10.3. The first-order valence-electron chi connectivity index (χ1n) is 2.79. The molecule has 0 aliphatic rings. The van der Waals surface area contributed by atoms with Crippen molar-refractivity contribution < 1.29 is 29.4 Å². The summed E-state index contributed by atoms with van der Waals surface area (Å²) >= 11 is 0. The number of nitrogen functional groups attached to an aromatic ring is 1. The van der Waals surface area contributed by atoms with Gasteiger partial charge in [-0.1, -0.05) is 0 Å². The quantitative estimate of drug-likeness (QED) is 0.527. The molecule has 11 heavy (non-hydrogen) atoms. The minimum absolute atomic E-state index is 0. The molecule has 0 aliphatic heterocycles. The van der Waals surface area contributed by atoms with Crippen LogP contribution in [-0.2, 0) is 19.5 Å². The maximum Gasteiger partial charge on any atom is 0.335 e. The Labute approximate surface area is 77.0 Å². The number of hydrogen-bond donors (Lipinski definition) is 2. The SMILES string of the molecule is Nc1ccc(C(=O)O)cc1.[Zn]. The van der Waals surface area contributed by atoms with Crippen molar-refractivity contribution in [3.05, 3.63) is 29.8 Å². The number of carboxylic acids is 1. The number of rotatable bonds is 1. The molecule has 4 heteroatoms. The van der Waals surface area contributed by atoms with Crippen molar-refractivity contribution in [3.8, 4) is 0 Å². The molecule has 1 aromatic carbocycles. The summed E-state index contributed by atoms with van der Waals surface area (Å²) in [7, 11) is 0. The maximum absolute atomic E-state index is 10.3. The van der Waals surface area contributed by atoms with E-state index in [-0.39, 0.29) is 25.0 Å². The van der Waals surface area contributed by atoms with Gasteiger partial charge in [-0.25, -0.2) is 4.79 Å². The average molecular weight is 203 g/mol. The molecule has 0 saturated heterocycles. The summed E-state index contributed by atoms with van der Waals surface area (Å²) in [5.74, 6) is -0.931. The van der Waals surface area contributed by atoms with Crippen LogP contribution in [0.25, 0.3) is 0 Å². The Kier molecular flexibility index (Phi) is 3.76. The second kappa shape index (κ2) is 4.09. The second-order valence-electron chi connectivity index (χ2n) is 1.93. The molecule has 54 valence electrons. The summed E-state index contributed by atoms with van der Waals surface area (Å²) in [6, 6.07) is 6.06. The van der Waals surface area contributed by atoms with Gasteiger partial charge in [0.1, 0.15) is 0 Å². The van der Waals surface area contributed by atoms with Gasteiger partial charge in [0, 0.05) is 25.2 Å². The Morgan fingerprint density at radius 1 is 1.27 bits per heavy atom. The van der Waals surface area contributed by atoms with Gasteiger partial charge < -0.3 is 10.8 Å². The third kappa shape index (κ3) is 2.68. The monoisotopic (exact) mass is 201 g/mol. The van der Waals surface area contributed by atoms with Gasteiger partial charge >= 0.3 is 5.97 Å². The zero-order valence-corrected chi connectivity index (χ0v) is 8.92. The molecule has 0 aliphatic carbocycles. The average Bonchev–Trinajstić information content (AvgIpc) is 1.88. The molecule has 0 fully saturated rings. The molecule has 0 heterocycles. The Morgan fingerprint density at radius 2 is 1.73 bits per heavy atom. The molecule has 0 bridgehead atoms. The van der Waals surface area contributed by atoms with E-state index in [1.54, 1.807) is 12.1 Å². The van der Waals surface area contributed by atoms with Crippen LogP contribution in [0.3, 0.4) is 0 Å². The molecule has 1 aromatic rings. The van der Waals surface area contributed by atoms with E-state index in [1.807, 2.05) is 0 Å². The fourth-order valence-corrected chi connectivity index (χ4v) is 0.626. The van der Waals surface area contributed by atoms with Crippen LogP contribution in [0.1, 0.15) is 10.4 Å². The van der Waals surface area contributed by atoms with Crippen LogP contribution < -0.4 is 5.73 Å². The number of nitrogens with two attached hydrogens (primary N) is 1. The predicted octanol–water partition coefficient (Wildman–Crippen LogP) is 0.965. The molecule has 0 atom stereocenters. The first-order chi connectivity index (χ1) is 4.70. The van der Waals surface area contributed by atoms with E-state index in [4.69, 9.17) is 10.8 Å². The molecule has 0 radical (unpaired) electrons. The fourth-order valence-electron chi connectivity index (χ4n) is 0.626.